The molecule has 1 atom stereocenters. The van der Waals surface area contributed by atoms with Gasteiger partial charge in [-0.1, -0.05) is 37.3 Å². The van der Waals surface area contributed by atoms with E-state index in [-0.39, 0.29) is 0 Å². The lowest BCUT2D eigenvalue weighted by atomic mass is 9.81. The van der Waals surface area contributed by atoms with E-state index < -0.39 is 0 Å². The molecule has 1 aromatic rings. The first-order chi connectivity index (χ1) is 9.85. The van der Waals surface area contributed by atoms with Gasteiger partial charge in [0.25, 0.3) is 0 Å². The van der Waals surface area contributed by atoms with Crippen LogP contribution in [0.1, 0.15) is 44.6 Å². The standard InChI is InChI=1S/C18H27NO/c1-2-19-17(14-15-8-12-20-13-9-15)18(10-11-18)16-6-4-3-5-7-16/h3-7,15,17,19H,2,8-14H2,1H3. The molecule has 0 amide bonds. The molecular formula is C18H27NO. The van der Waals surface area contributed by atoms with Crippen LogP contribution >= 0.6 is 0 Å². The smallest absolute Gasteiger partial charge is 0.0468 e. The largest absolute Gasteiger partial charge is 0.381 e. The second-order valence-electron chi connectivity index (χ2n) is 6.42. The molecule has 1 aliphatic carbocycles. The summed E-state index contributed by atoms with van der Waals surface area (Å²) in [6, 6.07) is 11.8. The molecule has 2 heteroatoms. The summed E-state index contributed by atoms with van der Waals surface area (Å²) in [4.78, 5) is 0. The molecule has 20 heavy (non-hydrogen) atoms. The zero-order valence-electron chi connectivity index (χ0n) is 12.6. The normalized spacial score (nSPS) is 23.4. The van der Waals surface area contributed by atoms with Crippen molar-refractivity contribution in [3.63, 3.8) is 0 Å². The molecule has 1 aliphatic heterocycles. The molecule has 1 aromatic carbocycles. The first-order valence-electron chi connectivity index (χ1n) is 8.22. The summed E-state index contributed by atoms with van der Waals surface area (Å²) < 4.78 is 5.51. The van der Waals surface area contributed by atoms with Crippen molar-refractivity contribution in [2.45, 2.75) is 50.5 Å². The van der Waals surface area contributed by atoms with E-state index in [1.54, 1.807) is 0 Å². The van der Waals surface area contributed by atoms with Crippen molar-refractivity contribution in [2.75, 3.05) is 19.8 Å². The van der Waals surface area contributed by atoms with E-state index in [4.69, 9.17) is 4.74 Å². The van der Waals surface area contributed by atoms with E-state index in [1.165, 1.54) is 37.7 Å². The van der Waals surface area contributed by atoms with E-state index in [9.17, 15) is 0 Å². The van der Waals surface area contributed by atoms with Crippen LogP contribution in [0.2, 0.25) is 0 Å². The summed E-state index contributed by atoms with van der Waals surface area (Å²) in [5.41, 5.74) is 1.95. The van der Waals surface area contributed by atoms with E-state index >= 15 is 0 Å². The van der Waals surface area contributed by atoms with Gasteiger partial charge in [0.1, 0.15) is 0 Å². The Balaban J connectivity index is 1.72. The average Bonchev–Trinajstić information content (AvgIpc) is 3.31. The Labute approximate surface area is 122 Å². The lowest BCUT2D eigenvalue weighted by molar-refractivity contribution is 0.0589. The van der Waals surface area contributed by atoms with Crippen molar-refractivity contribution < 1.29 is 4.74 Å². The maximum Gasteiger partial charge on any atom is 0.0468 e. The third-order valence-electron chi connectivity index (χ3n) is 5.16. The van der Waals surface area contributed by atoms with Crippen LogP contribution < -0.4 is 5.32 Å². The van der Waals surface area contributed by atoms with Crippen molar-refractivity contribution in [3.05, 3.63) is 35.9 Å². The topological polar surface area (TPSA) is 21.3 Å². The lowest BCUT2D eigenvalue weighted by Crippen LogP contribution is -2.42. The van der Waals surface area contributed by atoms with Crippen molar-refractivity contribution in [1.82, 2.24) is 5.32 Å². The summed E-state index contributed by atoms with van der Waals surface area (Å²) in [5, 5.41) is 3.79. The molecule has 1 saturated heterocycles. The Hall–Kier alpha value is -0.860. The van der Waals surface area contributed by atoms with E-state index in [0.717, 1.165) is 25.7 Å². The van der Waals surface area contributed by atoms with Gasteiger partial charge < -0.3 is 10.1 Å². The van der Waals surface area contributed by atoms with Crippen LogP contribution in [-0.2, 0) is 10.2 Å². The fourth-order valence-corrected chi connectivity index (χ4v) is 3.81. The number of hydrogen-bond donors (Lipinski definition) is 1. The quantitative estimate of drug-likeness (QED) is 0.856. The van der Waals surface area contributed by atoms with Gasteiger partial charge in [0.05, 0.1) is 0 Å². The van der Waals surface area contributed by atoms with Gasteiger partial charge in [-0.3, -0.25) is 0 Å². The summed E-state index contributed by atoms with van der Waals surface area (Å²) >= 11 is 0. The predicted molar refractivity (Wildman–Crippen MR) is 83.0 cm³/mol. The average molecular weight is 273 g/mol. The minimum atomic E-state index is 0.412. The lowest BCUT2D eigenvalue weighted by Gasteiger charge is -2.33. The minimum Gasteiger partial charge on any atom is -0.381 e. The predicted octanol–water partition coefficient (Wildman–Crippen LogP) is 3.51. The fourth-order valence-electron chi connectivity index (χ4n) is 3.81. The zero-order chi connectivity index (χ0) is 13.8. The molecule has 2 nitrogen and oxygen atoms in total. The maximum atomic E-state index is 5.51. The Morgan fingerprint density at radius 2 is 1.90 bits per heavy atom. The molecule has 1 heterocycles. The van der Waals surface area contributed by atoms with Crippen LogP contribution in [0.4, 0.5) is 0 Å². The summed E-state index contributed by atoms with van der Waals surface area (Å²) in [7, 11) is 0. The van der Waals surface area contributed by atoms with Crippen molar-refractivity contribution in [2.24, 2.45) is 5.92 Å². The highest BCUT2D eigenvalue weighted by molar-refractivity contribution is 5.34. The third-order valence-corrected chi connectivity index (χ3v) is 5.16. The highest BCUT2D eigenvalue weighted by Crippen LogP contribution is 2.52. The molecule has 1 N–H and O–H groups in total. The van der Waals surface area contributed by atoms with E-state index in [0.29, 0.717) is 11.5 Å². The minimum absolute atomic E-state index is 0.412. The first-order valence-corrected chi connectivity index (χ1v) is 8.22. The molecule has 0 aromatic heterocycles. The third kappa shape index (κ3) is 2.91. The molecule has 1 unspecified atom stereocenters. The fraction of sp³-hybridized carbons (Fsp3) is 0.667. The van der Waals surface area contributed by atoms with Crippen LogP contribution in [0.5, 0.6) is 0 Å². The number of hydrogen-bond acceptors (Lipinski definition) is 2. The number of likely N-dealkylation sites (N-methyl/N-ethyl adjacent to an activating group) is 1. The molecule has 0 spiro atoms. The van der Waals surface area contributed by atoms with Gasteiger partial charge in [-0.15, -0.1) is 0 Å². The van der Waals surface area contributed by atoms with Gasteiger partial charge in [-0.05, 0) is 50.1 Å². The van der Waals surface area contributed by atoms with Gasteiger partial charge in [0.15, 0.2) is 0 Å². The maximum absolute atomic E-state index is 5.51. The highest BCUT2D eigenvalue weighted by Gasteiger charge is 2.50. The van der Waals surface area contributed by atoms with Crippen LogP contribution in [0.25, 0.3) is 0 Å². The number of rotatable bonds is 6. The zero-order valence-corrected chi connectivity index (χ0v) is 12.6. The molecule has 2 aliphatic rings. The first kappa shape index (κ1) is 14.1. The van der Waals surface area contributed by atoms with E-state index in [2.05, 4.69) is 42.6 Å². The molecular weight excluding hydrogens is 246 g/mol. The van der Waals surface area contributed by atoms with Crippen LogP contribution in [0.3, 0.4) is 0 Å². The second kappa shape index (κ2) is 6.28. The number of benzene rings is 1. The van der Waals surface area contributed by atoms with Crippen molar-refractivity contribution in [3.8, 4) is 0 Å². The van der Waals surface area contributed by atoms with Gasteiger partial charge >= 0.3 is 0 Å². The summed E-state index contributed by atoms with van der Waals surface area (Å²) in [6.45, 7) is 5.23. The van der Waals surface area contributed by atoms with Gasteiger partial charge in [0, 0.05) is 24.7 Å². The Kier molecular flexibility index (Phi) is 4.42. The Morgan fingerprint density at radius 1 is 1.20 bits per heavy atom. The Bertz CT molecular complexity index is 407. The van der Waals surface area contributed by atoms with E-state index in [1.807, 2.05) is 0 Å². The molecule has 3 rings (SSSR count). The molecule has 110 valence electrons. The molecule has 0 bridgehead atoms. The summed E-state index contributed by atoms with van der Waals surface area (Å²) in [6.07, 6.45) is 6.49. The summed E-state index contributed by atoms with van der Waals surface area (Å²) in [5.74, 6) is 0.842. The molecule has 1 saturated carbocycles. The number of ether oxygens (including phenoxy) is 1. The monoisotopic (exact) mass is 273 g/mol. The van der Waals surface area contributed by atoms with Crippen LogP contribution in [0, 0.1) is 5.92 Å². The molecule has 2 fully saturated rings. The molecule has 0 radical (unpaired) electrons. The number of nitrogens with one attached hydrogen (secondary N) is 1. The SMILES string of the molecule is CCNC(CC1CCOCC1)C1(c2ccccc2)CC1. The van der Waals surface area contributed by atoms with Crippen molar-refractivity contribution >= 4 is 0 Å². The Morgan fingerprint density at radius 3 is 2.50 bits per heavy atom. The van der Waals surface area contributed by atoms with Gasteiger partial charge in [0.2, 0.25) is 0 Å². The van der Waals surface area contributed by atoms with Crippen LogP contribution in [-0.4, -0.2) is 25.8 Å². The second-order valence-corrected chi connectivity index (χ2v) is 6.42. The van der Waals surface area contributed by atoms with Gasteiger partial charge in [-0.25, -0.2) is 0 Å². The van der Waals surface area contributed by atoms with Crippen molar-refractivity contribution in [1.29, 1.82) is 0 Å². The highest BCUT2D eigenvalue weighted by atomic mass is 16.5. The van der Waals surface area contributed by atoms with Crippen LogP contribution in [0.15, 0.2) is 30.3 Å². The van der Waals surface area contributed by atoms with Gasteiger partial charge in [-0.2, -0.15) is 0 Å².